The molecule has 0 aliphatic carbocycles. The largest absolute Gasteiger partial charge is 0.0885 e. The molecule has 0 saturated carbocycles. The molecule has 0 aromatic carbocycles. The Morgan fingerprint density at radius 1 is 1.14 bits per heavy atom. The van der Waals surface area contributed by atoms with Crippen molar-refractivity contribution >= 4 is 0 Å². The second kappa shape index (κ2) is 7.09. The molecule has 0 aromatic heterocycles. The number of hydrogen-bond acceptors (Lipinski definition) is 0. The van der Waals surface area contributed by atoms with Crippen molar-refractivity contribution in [3.63, 3.8) is 0 Å². The summed E-state index contributed by atoms with van der Waals surface area (Å²) >= 11 is 0. The summed E-state index contributed by atoms with van der Waals surface area (Å²) in [6.45, 7) is 11.6. The van der Waals surface area contributed by atoms with Crippen LogP contribution in [0.25, 0.3) is 0 Å². The molecule has 0 aliphatic rings. The standard InChI is InChI=1S/C14H28/c1-6-7-8-9-10-11-13(2)12-14(3,4)5/h9-10,13H,6-8,11-12H2,1-5H3. The Hall–Kier alpha value is -0.260. The first kappa shape index (κ1) is 13.7. The summed E-state index contributed by atoms with van der Waals surface area (Å²) in [5.74, 6) is 0.827. The number of rotatable bonds is 6. The minimum atomic E-state index is 0.483. The van der Waals surface area contributed by atoms with Gasteiger partial charge in [-0.1, -0.05) is 59.6 Å². The Bertz CT molecular complexity index is 148. The molecule has 0 aliphatic heterocycles. The maximum absolute atomic E-state index is 2.37. The van der Waals surface area contributed by atoms with Crippen molar-refractivity contribution in [1.82, 2.24) is 0 Å². The fourth-order valence-electron chi connectivity index (χ4n) is 1.90. The maximum Gasteiger partial charge on any atom is -0.0325 e. The molecule has 0 saturated heterocycles. The van der Waals surface area contributed by atoms with E-state index in [4.69, 9.17) is 0 Å². The van der Waals surface area contributed by atoms with Crippen LogP contribution in [0.3, 0.4) is 0 Å². The van der Waals surface area contributed by atoms with Gasteiger partial charge in [0.05, 0.1) is 0 Å². The summed E-state index contributed by atoms with van der Waals surface area (Å²) in [5, 5.41) is 0. The lowest BCUT2D eigenvalue weighted by Gasteiger charge is -2.22. The molecule has 0 bridgehead atoms. The van der Waals surface area contributed by atoms with Crippen molar-refractivity contribution in [1.29, 1.82) is 0 Å². The predicted octanol–water partition coefficient (Wildman–Crippen LogP) is 5.20. The first-order chi connectivity index (χ1) is 6.45. The molecule has 0 nitrogen and oxygen atoms in total. The third kappa shape index (κ3) is 9.83. The minimum absolute atomic E-state index is 0.483. The Labute approximate surface area is 90.8 Å². The number of unbranched alkanes of at least 4 members (excludes halogenated alkanes) is 2. The Kier molecular flexibility index (Phi) is 6.96. The van der Waals surface area contributed by atoms with Gasteiger partial charge in [0.25, 0.3) is 0 Å². The van der Waals surface area contributed by atoms with Crippen molar-refractivity contribution in [2.24, 2.45) is 11.3 Å². The van der Waals surface area contributed by atoms with Gasteiger partial charge in [0.15, 0.2) is 0 Å². The highest BCUT2D eigenvalue weighted by atomic mass is 14.2. The molecule has 0 radical (unpaired) electrons. The van der Waals surface area contributed by atoms with Gasteiger partial charge in [0.2, 0.25) is 0 Å². The molecule has 0 amide bonds. The average Bonchev–Trinajstić information content (AvgIpc) is 2.00. The van der Waals surface area contributed by atoms with E-state index in [1.807, 2.05) is 0 Å². The molecular weight excluding hydrogens is 168 g/mol. The summed E-state index contributed by atoms with van der Waals surface area (Å²) in [7, 11) is 0. The molecule has 0 heterocycles. The van der Waals surface area contributed by atoms with Crippen molar-refractivity contribution in [3.05, 3.63) is 12.2 Å². The van der Waals surface area contributed by atoms with E-state index in [0.29, 0.717) is 5.41 Å². The number of allylic oxidation sites excluding steroid dienone is 2. The van der Waals surface area contributed by atoms with Gasteiger partial charge >= 0.3 is 0 Å². The monoisotopic (exact) mass is 196 g/mol. The van der Waals surface area contributed by atoms with Gasteiger partial charge in [-0.15, -0.1) is 0 Å². The molecular formula is C14H28. The first-order valence-corrected chi connectivity index (χ1v) is 6.10. The van der Waals surface area contributed by atoms with Gasteiger partial charge in [-0.25, -0.2) is 0 Å². The quantitative estimate of drug-likeness (QED) is 0.405. The van der Waals surface area contributed by atoms with Gasteiger partial charge in [-0.2, -0.15) is 0 Å². The highest BCUT2D eigenvalue weighted by Gasteiger charge is 2.13. The molecule has 84 valence electrons. The van der Waals surface area contributed by atoms with Crippen LogP contribution in [0, 0.1) is 11.3 Å². The van der Waals surface area contributed by atoms with Crippen LogP contribution in [0.4, 0.5) is 0 Å². The van der Waals surface area contributed by atoms with E-state index in [0.717, 1.165) is 5.92 Å². The lowest BCUT2D eigenvalue weighted by atomic mass is 9.84. The molecule has 14 heavy (non-hydrogen) atoms. The zero-order valence-electron chi connectivity index (χ0n) is 10.8. The van der Waals surface area contributed by atoms with E-state index in [-0.39, 0.29) is 0 Å². The van der Waals surface area contributed by atoms with Gasteiger partial charge in [0, 0.05) is 0 Å². The van der Waals surface area contributed by atoms with Crippen LogP contribution in [0.5, 0.6) is 0 Å². The molecule has 1 unspecified atom stereocenters. The third-order valence-corrected chi connectivity index (χ3v) is 2.39. The van der Waals surface area contributed by atoms with E-state index in [2.05, 4.69) is 46.8 Å². The maximum atomic E-state index is 2.37. The van der Waals surface area contributed by atoms with Crippen LogP contribution in [0.1, 0.15) is 66.7 Å². The van der Waals surface area contributed by atoms with E-state index < -0.39 is 0 Å². The fourth-order valence-corrected chi connectivity index (χ4v) is 1.90. The second-order valence-corrected chi connectivity index (χ2v) is 5.72. The Morgan fingerprint density at radius 2 is 1.79 bits per heavy atom. The van der Waals surface area contributed by atoms with Crippen molar-refractivity contribution in [2.45, 2.75) is 66.7 Å². The highest BCUT2D eigenvalue weighted by Crippen LogP contribution is 2.26. The van der Waals surface area contributed by atoms with Crippen LogP contribution in [0.2, 0.25) is 0 Å². The fraction of sp³-hybridized carbons (Fsp3) is 0.857. The summed E-state index contributed by atoms with van der Waals surface area (Å²) in [5.41, 5.74) is 0.483. The van der Waals surface area contributed by atoms with Crippen LogP contribution < -0.4 is 0 Å². The SMILES string of the molecule is CCCCC=CCC(C)CC(C)(C)C. The molecule has 0 spiro atoms. The molecule has 1 atom stereocenters. The topological polar surface area (TPSA) is 0 Å². The van der Waals surface area contributed by atoms with E-state index >= 15 is 0 Å². The van der Waals surface area contributed by atoms with Crippen molar-refractivity contribution < 1.29 is 0 Å². The zero-order valence-corrected chi connectivity index (χ0v) is 10.8. The molecule has 0 aromatic rings. The Balaban J connectivity index is 3.53. The lowest BCUT2D eigenvalue weighted by Crippen LogP contribution is -2.10. The summed E-state index contributed by atoms with van der Waals surface area (Å²) in [6, 6.07) is 0. The van der Waals surface area contributed by atoms with Crippen LogP contribution in [-0.4, -0.2) is 0 Å². The number of hydrogen-bond donors (Lipinski definition) is 0. The van der Waals surface area contributed by atoms with Gasteiger partial charge in [-0.05, 0) is 30.6 Å². The predicted molar refractivity (Wildman–Crippen MR) is 66.5 cm³/mol. The summed E-state index contributed by atoms with van der Waals surface area (Å²) < 4.78 is 0. The van der Waals surface area contributed by atoms with Crippen LogP contribution in [-0.2, 0) is 0 Å². The minimum Gasteiger partial charge on any atom is -0.0885 e. The average molecular weight is 196 g/mol. The van der Waals surface area contributed by atoms with E-state index in [1.165, 1.54) is 32.1 Å². The smallest absolute Gasteiger partial charge is 0.0325 e. The zero-order chi connectivity index (χ0) is 11.0. The summed E-state index contributed by atoms with van der Waals surface area (Å²) in [4.78, 5) is 0. The lowest BCUT2D eigenvalue weighted by molar-refractivity contribution is 0.308. The molecule has 0 N–H and O–H groups in total. The van der Waals surface area contributed by atoms with E-state index in [9.17, 15) is 0 Å². The normalized spacial score (nSPS) is 14.9. The molecule has 0 heteroatoms. The van der Waals surface area contributed by atoms with Crippen LogP contribution >= 0.6 is 0 Å². The Morgan fingerprint density at radius 3 is 2.29 bits per heavy atom. The van der Waals surface area contributed by atoms with Gasteiger partial charge < -0.3 is 0 Å². The van der Waals surface area contributed by atoms with Crippen molar-refractivity contribution in [2.75, 3.05) is 0 Å². The van der Waals surface area contributed by atoms with Crippen molar-refractivity contribution in [3.8, 4) is 0 Å². The molecule has 0 fully saturated rings. The molecule has 0 rings (SSSR count). The second-order valence-electron chi connectivity index (χ2n) is 5.72. The van der Waals surface area contributed by atoms with Gasteiger partial charge in [0.1, 0.15) is 0 Å². The first-order valence-electron chi connectivity index (χ1n) is 6.10. The van der Waals surface area contributed by atoms with Gasteiger partial charge in [-0.3, -0.25) is 0 Å². The van der Waals surface area contributed by atoms with Crippen LogP contribution in [0.15, 0.2) is 12.2 Å². The summed E-state index contributed by atoms with van der Waals surface area (Å²) in [6.07, 6.45) is 11.2. The van der Waals surface area contributed by atoms with E-state index in [1.54, 1.807) is 0 Å². The third-order valence-electron chi connectivity index (χ3n) is 2.39. The highest BCUT2D eigenvalue weighted by molar-refractivity contribution is 4.84.